The van der Waals surface area contributed by atoms with E-state index < -0.39 is 0 Å². The molecule has 0 fully saturated rings. The summed E-state index contributed by atoms with van der Waals surface area (Å²) in [5, 5.41) is 4.65. The molecule has 3 heteroatoms. The first kappa shape index (κ1) is 14.1. The lowest BCUT2D eigenvalue weighted by atomic mass is 10.0. The van der Waals surface area contributed by atoms with Gasteiger partial charge in [-0.2, -0.15) is 0 Å². The van der Waals surface area contributed by atoms with Crippen LogP contribution in [0, 0.1) is 6.92 Å². The standard InChI is InChI=1S/C18H17BrN2/c1-3-20-17-12(2)16(13-8-5-4-6-9-13)21-18-14(17)10-7-11-15(18)19/h4-11H,3H2,1-2H3,(H,20,21). The predicted octanol–water partition coefficient (Wildman–Crippen LogP) is 5.40. The predicted molar refractivity (Wildman–Crippen MR) is 93.8 cm³/mol. The van der Waals surface area contributed by atoms with Gasteiger partial charge in [0.25, 0.3) is 0 Å². The molecule has 1 aromatic heterocycles. The van der Waals surface area contributed by atoms with Crippen LogP contribution in [0.2, 0.25) is 0 Å². The Hall–Kier alpha value is -1.87. The van der Waals surface area contributed by atoms with E-state index in [1.807, 2.05) is 24.3 Å². The van der Waals surface area contributed by atoms with Crippen molar-refractivity contribution >= 4 is 32.5 Å². The summed E-state index contributed by atoms with van der Waals surface area (Å²) < 4.78 is 1.02. The van der Waals surface area contributed by atoms with Crippen molar-refractivity contribution in [3.05, 3.63) is 58.6 Å². The topological polar surface area (TPSA) is 24.9 Å². The Balaban J connectivity index is 2.36. The molecule has 0 aliphatic carbocycles. The van der Waals surface area contributed by atoms with Crippen molar-refractivity contribution < 1.29 is 0 Å². The molecule has 3 rings (SSSR count). The lowest BCUT2D eigenvalue weighted by molar-refractivity contribution is 1.20. The summed E-state index contributed by atoms with van der Waals surface area (Å²) in [6.07, 6.45) is 0. The normalized spacial score (nSPS) is 10.8. The second kappa shape index (κ2) is 5.86. The summed E-state index contributed by atoms with van der Waals surface area (Å²) in [6.45, 7) is 5.14. The van der Waals surface area contributed by atoms with E-state index >= 15 is 0 Å². The van der Waals surface area contributed by atoms with Crippen LogP contribution in [-0.2, 0) is 0 Å². The summed E-state index contributed by atoms with van der Waals surface area (Å²) in [5.74, 6) is 0. The summed E-state index contributed by atoms with van der Waals surface area (Å²) in [5.41, 5.74) is 5.53. The third kappa shape index (κ3) is 2.54. The van der Waals surface area contributed by atoms with Crippen molar-refractivity contribution in [2.75, 3.05) is 11.9 Å². The molecule has 0 atom stereocenters. The van der Waals surface area contributed by atoms with E-state index in [0.29, 0.717) is 0 Å². The minimum absolute atomic E-state index is 0.890. The van der Waals surface area contributed by atoms with Gasteiger partial charge in [0.2, 0.25) is 0 Å². The van der Waals surface area contributed by atoms with Gasteiger partial charge in [-0.15, -0.1) is 0 Å². The molecule has 106 valence electrons. The Labute approximate surface area is 133 Å². The highest BCUT2D eigenvalue weighted by Gasteiger charge is 2.14. The van der Waals surface area contributed by atoms with Gasteiger partial charge in [0.05, 0.1) is 11.2 Å². The van der Waals surface area contributed by atoms with Gasteiger partial charge < -0.3 is 5.32 Å². The minimum atomic E-state index is 0.890. The molecule has 0 spiro atoms. The highest BCUT2D eigenvalue weighted by molar-refractivity contribution is 9.10. The molecule has 0 amide bonds. The Morgan fingerprint density at radius 1 is 1.05 bits per heavy atom. The van der Waals surface area contributed by atoms with Crippen molar-refractivity contribution in [3.8, 4) is 11.3 Å². The van der Waals surface area contributed by atoms with Crippen molar-refractivity contribution in [2.24, 2.45) is 0 Å². The first-order valence-corrected chi connectivity index (χ1v) is 7.89. The van der Waals surface area contributed by atoms with E-state index in [1.54, 1.807) is 0 Å². The molecule has 0 saturated carbocycles. The van der Waals surface area contributed by atoms with Crippen LogP contribution < -0.4 is 5.32 Å². The fraction of sp³-hybridized carbons (Fsp3) is 0.167. The quantitative estimate of drug-likeness (QED) is 0.689. The first-order valence-electron chi connectivity index (χ1n) is 7.10. The number of para-hydroxylation sites is 1. The smallest absolute Gasteiger partial charge is 0.0872 e. The van der Waals surface area contributed by atoms with Crippen LogP contribution in [0.1, 0.15) is 12.5 Å². The van der Waals surface area contributed by atoms with Crippen LogP contribution in [0.4, 0.5) is 5.69 Å². The number of rotatable bonds is 3. The van der Waals surface area contributed by atoms with Crippen LogP contribution in [-0.4, -0.2) is 11.5 Å². The number of aromatic nitrogens is 1. The molecule has 0 aliphatic heterocycles. The molecule has 0 radical (unpaired) electrons. The monoisotopic (exact) mass is 340 g/mol. The zero-order chi connectivity index (χ0) is 14.8. The maximum absolute atomic E-state index is 4.90. The third-order valence-electron chi connectivity index (χ3n) is 3.61. The SMILES string of the molecule is CCNc1c(C)c(-c2ccccc2)nc2c(Br)cccc12. The van der Waals surface area contributed by atoms with E-state index in [4.69, 9.17) is 4.98 Å². The average molecular weight is 341 g/mol. The first-order chi connectivity index (χ1) is 10.2. The van der Waals surface area contributed by atoms with Crippen molar-refractivity contribution in [2.45, 2.75) is 13.8 Å². The minimum Gasteiger partial charge on any atom is -0.384 e. The van der Waals surface area contributed by atoms with Crippen LogP contribution in [0.3, 0.4) is 0 Å². The fourth-order valence-corrected chi connectivity index (χ4v) is 3.08. The number of hydrogen-bond acceptors (Lipinski definition) is 2. The Kier molecular flexibility index (Phi) is 3.93. The van der Waals surface area contributed by atoms with Crippen molar-refractivity contribution in [1.82, 2.24) is 4.98 Å². The van der Waals surface area contributed by atoms with Crippen molar-refractivity contribution in [1.29, 1.82) is 0 Å². The highest BCUT2D eigenvalue weighted by atomic mass is 79.9. The Morgan fingerprint density at radius 2 is 1.81 bits per heavy atom. The fourth-order valence-electron chi connectivity index (χ4n) is 2.63. The van der Waals surface area contributed by atoms with Gasteiger partial charge in [-0.25, -0.2) is 4.98 Å². The molecule has 0 bridgehead atoms. The molecule has 0 saturated heterocycles. The van der Waals surface area contributed by atoms with Crippen LogP contribution in [0.15, 0.2) is 53.0 Å². The molecule has 0 unspecified atom stereocenters. The number of hydrogen-bond donors (Lipinski definition) is 1. The molecule has 2 aromatic carbocycles. The van der Waals surface area contributed by atoms with Gasteiger partial charge in [-0.3, -0.25) is 0 Å². The second-order valence-corrected chi connectivity index (χ2v) is 5.85. The van der Waals surface area contributed by atoms with Crippen molar-refractivity contribution in [3.63, 3.8) is 0 Å². The van der Waals surface area contributed by atoms with E-state index in [2.05, 4.69) is 59.4 Å². The number of nitrogens with zero attached hydrogens (tertiary/aromatic N) is 1. The van der Waals surface area contributed by atoms with E-state index in [9.17, 15) is 0 Å². The highest BCUT2D eigenvalue weighted by Crippen LogP contribution is 2.35. The van der Waals surface area contributed by atoms with Crippen LogP contribution >= 0.6 is 15.9 Å². The average Bonchev–Trinajstić information content (AvgIpc) is 2.51. The van der Waals surface area contributed by atoms with Crippen LogP contribution in [0.25, 0.3) is 22.2 Å². The molecule has 21 heavy (non-hydrogen) atoms. The summed E-state index contributed by atoms with van der Waals surface area (Å²) >= 11 is 3.62. The zero-order valence-corrected chi connectivity index (χ0v) is 13.7. The van der Waals surface area contributed by atoms with Crippen LogP contribution in [0.5, 0.6) is 0 Å². The molecular weight excluding hydrogens is 324 g/mol. The summed E-state index contributed by atoms with van der Waals surface area (Å²) in [6, 6.07) is 16.5. The largest absolute Gasteiger partial charge is 0.384 e. The molecule has 0 aliphatic rings. The van der Waals surface area contributed by atoms with E-state index in [-0.39, 0.29) is 0 Å². The number of benzene rings is 2. The number of fused-ring (bicyclic) bond motifs is 1. The Morgan fingerprint density at radius 3 is 2.52 bits per heavy atom. The summed E-state index contributed by atoms with van der Waals surface area (Å²) in [7, 11) is 0. The molecule has 1 N–H and O–H groups in total. The maximum atomic E-state index is 4.90. The van der Waals surface area contributed by atoms with Gasteiger partial charge >= 0.3 is 0 Å². The summed E-state index contributed by atoms with van der Waals surface area (Å²) in [4.78, 5) is 4.90. The number of pyridine rings is 1. The molecule has 3 aromatic rings. The van der Waals surface area contributed by atoms with E-state index in [0.717, 1.165) is 33.2 Å². The van der Waals surface area contributed by atoms with Gasteiger partial charge in [0.1, 0.15) is 0 Å². The lowest BCUT2D eigenvalue weighted by Crippen LogP contribution is -2.03. The van der Waals surface area contributed by atoms with Gasteiger partial charge in [0, 0.05) is 27.7 Å². The Bertz CT molecular complexity index is 782. The van der Waals surface area contributed by atoms with Gasteiger partial charge in [-0.1, -0.05) is 42.5 Å². The second-order valence-electron chi connectivity index (χ2n) is 4.99. The van der Waals surface area contributed by atoms with Gasteiger partial charge in [-0.05, 0) is 41.4 Å². The zero-order valence-electron chi connectivity index (χ0n) is 12.2. The number of halogens is 1. The molecule has 1 heterocycles. The number of anilines is 1. The molecule has 2 nitrogen and oxygen atoms in total. The molecular formula is C18H17BrN2. The maximum Gasteiger partial charge on any atom is 0.0872 e. The lowest BCUT2D eigenvalue weighted by Gasteiger charge is -2.16. The van der Waals surface area contributed by atoms with E-state index in [1.165, 1.54) is 11.3 Å². The number of nitrogens with one attached hydrogen (secondary N) is 1. The van der Waals surface area contributed by atoms with Gasteiger partial charge in [0.15, 0.2) is 0 Å². The third-order valence-corrected chi connectivity index (χ3v) is 4.25.